The molecule has 0 saturated carbocycles. The van der Waals surface area contributed by atoms with Crippen molar-refractivity contribution in [2.75, 3.05) is 13.2 Å². The molecule has 2 aliphatic rings. The third-order valence-corrected chi connectivity index (χ3v) is 13.3. The van der Waals surface area contributed by atoms with Crippen LogP contribution >= 0.6 is 11.6 Å². The fourth-order valence-electron chi connectivity index (χ4n) is 4.35. The Morgan fingerprint density at radius 2 is 1.78 bits per heavy atom. The highest BCUT2D eigenvalue weighted by molar-refractivity contribution is 6.74. The Labute approximate surface area is 222 Å². The number of hydrogen-bond acceptors (Lipinski definition) is 4. The van der Waals surface area contributed by atoms with E-state index in [1.807, 2.05) is 69.1 Å². The van der Waals surface area contributed by atoms with Gasteiger partial charge in [-0.1, -0.05) is 44.5 Å². The molecule has 1 amide bonds. The van der Waals surface area contributed by atoms with Crippen LogP contribution in [0.4, 0.5) is 4.79 Å². The highest BCUT2D eigenvalue weighted by Gasteiger charge is 2.52. The van der Waals surface area contributed by atoms with Gasteiger partial charge < -0.3 is 18.6 Å². The summed E-state index contributed by atoms with van der Waals surface area (Å²) in [6, 6.07) is 9.50. The smallest absolute Gasteiger partial charge is 0.414 e. The summed E-state index contributed by atoms with van der Waals surface area (Å²) in [5, 5.41) is 0.724. The lowest BCUT2D eigenvalue weighted by Gasteiger charge is -2.40. The second-order valence-electron chi connectivity index (χ2n) is 12.6. The lowest BCUT2D eigenvalue weighted by molar-refractivity contribution is 0.00578. The van der Waals surface area contributed by atoms with E-state index in [-0.39, 0.29) is 17.1 Å². The molecule has 0 spiro atoms. The Hall–Kier alpha value is -1.58. The van der Waals surface area contributed by atoms with Gasteiger partial charge in [0, 0.05) is 35.3 Å². The second-order valence-corrected chi connectivity index (χ2v) is 17.8. The number of rotatable bonds is 6. The predicted octanol–water partition coefficient (Wildman–Crippen LogP) is 6.03. The summed E-state index contributed by atoms with van der Waals surface area (Å²) in [4.78, 5) is 15.8. The molecule has 2 aliphatic heterocycles. The van der Waals surface area contributed by atoms with Crippen molar-refractivity contribution in [2.24, 2.45) is 0 Å². The fraction of sp³-hybridized carbons (Fsp3) is 0.593. The van der Waals surface area contributed by atoms with Crippen molar-refractivity contribution in [1.29, 1.82) is 0 Å². The van der Waals surface area contributed by atoms with Crippen molar-refractivity contribution in [1.82, 2.24) is 9.47 Å². The summed E-state index contributed by atoms with van der Waals surface area (Å²) >= 11 is 6.36. The molecule has 196 valence electrons. The first-order chi connectivity index (χ1) is 16.5. The summed E-state index contributed by atoms with van der Waals surface area (Å²) in [6.45, 7) is 20.3. The van der Waals surface area contributed by atoms with E-state index in [0.717, 1.165) is 23.1 Å². The summed E-state index contributed by atoms with van der Waals surface area (Å²) in [6.07, 6.45) is 2.61. The molecule has 1 unspecified atom stereocenters. The predicted molar refractivity (Wildman–Crippen MR) is 149 cm³/mol. The van der Waals surface area contributed by atoms with Gasteiger partial charge in [0.15, 0.2) is 8.32 Å². The molecule has 1 aromatic heterocycles. The number of benzene rings is 1. The van der Waals surface area contributed by atoms with E-state index in [1.165, 1.54) is 0 Å². The molecule has 2 aromatic rings. The van der Waals surface area contributed by atoms with Crippen LogP contribution in [0.1, 0.15) is 65.8 Å². The van der Waals surface area contributed by atoms with Gasteiger partial charge in [0.1, 0.15) is 0 Å². The highest BCUT2D eigenvalue weighted by atomic mass is 35.5. The van der Waals surface area contributed by atoms with Crippen LogP contribution in [0.15, 0.2) is 36.5 Å². The van der Waals surface area contributed by atoms with Crippen molar-refractivity contribution in [3.05, 3.63) is 52.8 Å². The van der Waals surface area contributed by atoms with E-state index in [0.29, 0.717) is 18.2 Å². The van der Waals surface area contributed by atoms with Gasteiger partial charge in [-0.25, -0.2) is 4.79 Å². The quantitative estimate of drug-likeness (QED) is 0.428. The van der Waals surface area contributed by atoms with Crippen LogP contribution in [0.25, 0.3) is 0 Å². The molecule has 9 heteroatoms. The van der Waals surface area contributed by atoms with Crippen LogP contribution in [0.2, 0.25) is 23.2 Å². The fourth-order valence-corrected chi connectivity index (χ4v) is 5.56. The number of aromatic nitrogens is 1. The Bertz CT molecular complexity index is 1130. The Kier molecular flexibility index (Phi) is 7.10. The van der Waals surface area contributed by atoms with E-state index < -0.39 is 26.6 Å². The maximum Gasteiger partial charge on any atom is 0.496 e. The molecule has 1 saturated heterocycles. The molecule has 36 heavy (non-hydrogen) atoms. The zero-order valence-corrected chi connectivity index (χ0v) is 24.9. The highest BCUT2D eigenvalue weighted by Crippen LogP contribution is 2.39. The van der Waals surface area contributed by atoms with Crippen molar-refractivity contribution in [2.45, 2.75) is 90.3 Å². The van der Waals surface area contributed by atoms with Crippen molar-refractivity contribution < 1.29 is 18.5 Å². The van der Waals surface area contributed by atoms with Crippen LogP contribution in [-0.2, 0) is 20.2 Å². The Morgan fingerprint density at radius 3 is 2.36 bits per heavy atom. The number of halogens is 1. The largest absolute Gasteiger partial charge is 0.496 e. The zero-order chi connectivity index (χ0) is 26.7. The first kappa shape index (κ1) is 27.5. The van der Waals surface area contributed by atoms with Gasteiger partial charge in [0.05, 0.1) is 23.9 Å². The third kappa shape index (κ3) is 5.07. The van der Waals surface area contributed by atoms with Gasteiger partial charge in [-0.3, -0.25) is 4.57 Å². The minimum Gasteiger partial charge on any atom is -0.414 e. The maximum absolute atomic E-state index is 13.9. The van der Waals surface area contributed by atoms with Crippen LogP contribution in [-0.4, -0.2) is 55.3 Å². The van der Waals surface area contributed by atoms with Gasteiger partial charge in [-0.15, -0.1) is 0 Å². The zero-order valence-electron chi connectivity index (χ0n) is 23.1. The molecule has 1 fully saturated rings. The monoisotopic (exact) mass is 530 g/mol. The van der Waals surface area contributed by atoms with Crippen LogP contribution in [0, 0.1) is 0 Å². The van der Waals surface area contributed by atoms with Crippen LogP contribution in [0.5, 0.6) is 0 Å². The number of hydrogen-bond donors (Lipinski definition) is 0. The third-order valence-electron chi connectivity index (χ3n) is 8.52. The van der Waals surface area contributed by atoms with Gasteiger partial charge in [0.25, 0.3) is 0 Å². The van der Waals surface area contributed by atoms with E-state index in [4.69, 9.17) is 25.3 Å². The second kappa shape index (κ2) is 9.31. The number of fused-ring (bicyclic) bond motifs is 1. The van der Waals surface area contributed by atoms with Crippen molar-refractivity contribution >= 4 is 38.5 Å². The molecule has 3 heterocycles. The number of nitrogens with zero attached hydrogens (tertiary/aromatic N) is 2. The maximum atomic E-state index is 13.9. The van der Waals surface area contributed by atoms with E-state index in [2.05, 4.69) is 33.9 Å². The number of carbonyl (C=O) groups is 1. The van der Waals surface area contributed by atoms with E-state index in [9.17, 15) is 4.79 Å². The van der Waals surface area contributed by atoms with Gasteiger partial charge >= 0.3 is 13.1 Å². The molecule has 1 aromatic carbocycles. The molecular formula is C27H40BClN2O4Si. The summed E-state index contributed by atoms with van der Waals surface area (Å²) in [5.41, 5.74) is 1.95. The Morgan fingerprint density at radius 1 is 1.14 bits per heavy atom. The topological polar surface area (TPSA) is 52.9 Å². The molecular weight excluding hydrogens is 491 g/mol. The molecule has 6 nitrogen and oxygen atoms in total. The summed E-state index contributed by atoms with van der Waals surface area (Å²) < 4.78 is 20.8. The molecule has 1 atom stereocenters. The SMILES string of the molecule is CC1(C)OB(c2cc3n(c2)C(=O)N(C(CO[Si](C)(C)C(C)(C)C)c2cccc(Cl)c2)CC3)OC1(C)C. The average Bonchev–Trinajstić information content (AvgIpc) is 3.27. The lowest BCUT2D eigenvalue weighted by atomic mass is 9.81. The normalized spacial score (nSPS) is 20.6. The number of amides is 1. The first-order valence-corrected chi connectivity index (χ1v) is 16.1. The van der Waals surface area contributed by atoms with Gasteiger partial charge in [-0.05, 0) is 69.6 Å². The summed E-state index contributed by atoms with van der Waals surface area (Å²) in [5.74, 6) is 0. The van der Waals surface area contributed by atoms with Crippen molar-refractivity contribution in [3.63, 3.8) is 0 Å². The first-order valence-electron chi connectivity index (χ1n) is 12.8. The van der Waals surface area contributed by atoms with E-state index in [1.54, 1.807) is 4.57 Å². The van der Waals surface area contributed by atoms with Crippen LogP contribution in [0.3, 0.4) is 0 Å². The van der Waals surface area contributed by atoms with E-state index >= 15 is 0 Å². The number of carbonyl (C=O) groups excluding carboxylic acids is 1. The Balaban J connectivity index is 1.62. The molecule has 0 bridgehead atoms. The van der Waals surface area contributed by atoms with Crippen molar-refractivity contribution in [3.8, 4) is 0 Å². The molecule has 0 N–H and O–H groups in total. The average molecular weight is 531 g/mol. The summed E-state index contributed by atoms with van der Waals surface area (Å²) in [7, 11) is -2.52. The lowest BCUT2D eigenvalue weighted by Crippen LogP contribution is -2.47. The molecule has 0 radical (unpaired) electrons. The standard InChI is InChI=1S/C27H40BClN2O4Si/c1-25(2,3)36(8,9)33-18-23(19-11-10-12-21(29)15-19)30-14-13-22-16-20(17-31(22)24(30)32)28-34-26(4,5)27(6,7)35-28/h10-12,15-17,23H,13-14,18H2,1-9H3. The van der Waals surface area contributed by atoms with Gasteiger partial charge in [-0.2, -0.15) is 0 Å². The minimum absolute atomic E-state index is 0.0668. The minimum atomic E-state index is -2.02. The molecule has 4 rings (SSSR count). The molecule has 0 aliphatic carbocycles. The van der Waals surface area contributed by atoms with Gasteiger partial charge in [0.2, 0.25) is 0 Å². The van der Waals surface area contributed by atoms with Crippen LogP contribution < -0.4 is 5.46 Å².